The molecule has 15 heavy (non-hydrogen) atoms. The fourth-order valence-electron chi connectivity index (χ4n) is 1.97. The predicted octanol–water partition coefficient (Wildman–Crippen LogP) is 3.50. The highest BCUT2D eigenvalue weighted by Crippen LogP contribution is 2.41. The third kappa shape index (κ3) is 1.88. The number of hydrogen-bond acceptors (Lipinski definition) is 2. The van der Waals surface area contributed by atoms with Crippen molar-refractivity contribution in [2.24, 2.45) is 5.73 Å². The molecule has 0 saturated carbocycles. The number of rotatable bonds is 1. The van der Waals surface area contributed by atoms with Gasteiger partial charge in [-0.3, -0.25) is 0 Å². The van der Waals surface area contributed by atoms with E-state index in [1.165, 1.54) is 6.07 Å². The first-order valence-electron chi connectivity index (χ1n) is 4.99. The number of nitrogens with two attached hydrogens (primary N) is 1. The monoisotopic (exact) mass is 245 g/mol. The molecule has 0 bridgehead atoms. The maximum Gasteiger partial charge on any atom is 0.128 e. The van der Waals surface area contributed by atoms with E-state index in [2.05, 4.69) is 6.92 Å². The van der Waals surface area contributed by atoms with Crippen molar-refractivity contribution in [3.8, 4) is 0 Å². The molecule has 1 aliphatic rings. The number of hydrogen-bond donors (Lipinski definition) is 1. The van der Waals surface area contributed by atoms with Gasteiger partial charge in [-0.2, -0.15) is 11.8 Å². The third-order valence-corrected chi connectivity index (χ3v) is 4.69. The van der Waals surface area contributed by atoms with E-state index in [-0.39, 0.29) is 11.9 Å². The normalized spacial score (nSPS) is 25.1. The van der Waals surface area contributed by atoms with E-state index in [9.17, 15) is 4.39 Å². The van der Waals surface area contributed by atoms with Crippen molar-refractivity contribution in [3.63, 3.8) is 0 Å². The highest BCUT2D eigenvalue weighted by atomic mass is 35.5. The zero-order valence-electron chi connectivity index (χ0n) is 8.47. The first kappa shape index (κ1) is 11.2. The fraction of sp³-hybridized carbons (Fsp3) is 0.455. The summed E-state index contributed by atoms with van der Waals surface area (Å²) < 4.78 is 13.7. The molecule has 0 aromatic heterocycles. The second-order valence-corrected chi connectivity index (χ2v) is 5.34. The van der Waals surface area contributed by atoms with Crippen LogP contribution >= 0.6 is 23.4 Å². The largest absolute Gasteiger partial charge is 0.323 e. The third-order valence-electron chi connectivity index (χ3n) is 2.82. The number of halogens is 2. The molecule has 2 atom stereocenters. The van der Waals surface area contributed by atoms with Crippen molar-refractivity contribution >= 4 is 23.4 Å². The zero-order chi connectivity index (χ0) is 11.0. The minimum Gasteiger partial charge on any atom is -0.323 e. The lowest BCUT2D eigenvalue weighted by atomic mass is 9.96. The smallest absolute Gasteiger partial charge is 0.128 e. The standard InChI is InChI=1S/C11H13ClFNS/c1-2-9-11(14)10-6(5-15-9)7(12)3-4-8(10)13/h3-4,9,11H,2,5,14H2,1H3. The van der Waals surface area contributed by atoms with Gasteiger partial charge in [0.2, 0.25) is 0 Å². The van der Waals surface area contributed by atoms with Gasteiger partial charge in [-0.05, 0) is 24.1 Å². The van der Waals surface area contributed by atoms with Crippen LogP contribution < -0.4 is 5.73 Å². The lowest BCUT2D eigenvalue weighted by Gasteiger charge is -2.30. The van der Waals surface area contributed by atoms with Crippen molar-refractivity contribution < 1.29 is 4.39 Å². The van der Waals surface area contributed by atoms with Crippen LogP contribution in [0.1, 0.15) is 30.5 Å². The Morgan fingerprint density at radius 3 is 3.00 bits per heavy atom. The lowest BCUT2D eigenvalue weighted by molar-refractivity contribution is 0.558. The Labute approximate surface area is 98.2 Å². The van der Waals surface area contributed by atoms with Crippen LogP contribution in [0.4, 0.5) is 4.39 Å². The highest BCUT2D eigenvalue weighted by molar-refractivity contribution is 7.99. The maximum atomic E-state index is 13.7. The van der Waals surface area contributed by atoms with E-state index in [4.69, 9.17) is 17.3 Å². The van der Waals surface area contributed by atoms with Crippen molar-refractivity contribution in [2.45, 2.75) is 30.4 Å². The Bertz CT molecular complexity index is 383. The summed E-state index contributed by atoms with van der Waals surface area (Å²) in [5.41, 5.74) is 7.54. The summed E-state index contributed by atoms with van der Waals surface area (Å²) >= 11 is 7.80. The Balaban J connectivity index is 2.50. The van der Waals surface area contributed by atoms with Gasteiger partial charge in [0.05, 0.1) is 0 Å². The van der Waals surface area contributed by atoms with Gasteiger partial charge >= 0.3 is 0 Å². The van der Waals surface area contributed by atoms with E-state index in [0.717, 1.165) is 17.7 Å². The fourth-order valence-corrected chi connectivity index (χ4v) is 3.55. The molecule has 0 spiro atoms. The van der Waals surface area contributed by atoms with Crippen LogP contribution in [0.5, 0.6) is 0 Å². The Morgan fingerprint density at radius 1 is 1.60 bits per heavy atom. The molecule has 1 aromatic rings. The average Bonchev–Trinajstić information content (AvgIpc) is 2.23. The molecule has 82 valence electrons. The SMILES string of the molecule is CCC1SCc2c(Cl)ccc(F)c2C1N. The summed E-state index contributed by atoms with van der Waals surface area (Å²) in [6, 6.07) is 2.78. The molecule has 1 heterocycles. The summed E-state index contributed by atoms with van der Waals surface area (Å²) in [5.74, 6) is 0.540. The second-order valence-electron chi connectivity index (χ2n) is 3.70. The molecular formula is C11H13ClFNS. The summed E-state index contributed by atoms with van der Waals surface area (Å²) in [6.07, 6.45) is 0.956. The van der Waals surface area contributed by atoms with Crippen LogP contribution in [-0.4, -0.2) is 5.25 Å². The molecule has 0 aliphatic carbocycles. The second kappa shape index (κ2) is 4.32. The molecule has 2 rings (SSSR count). The van der Waals surface area contributed by atoms with Gasteiger partial charge in [-0.1, -0.05) is 18.5 Å². The molecule has 4 heteroatoms. The van der Waals surface area contributed by atoms with Crippen LogP contribution in [0.2, 0.25) is 5.02 Å². The first-order chi connectivity index (χ1) is 7.15. The molecule has 1 nitrogen and oxygen atoms in total. The minimum absolute atomic E-state index is 0.222. The van der Waals surface area contributed by atoms with E-state index in [1.807, 2.05) is 0 Å². The average molecular weight is 246 g/mol. The Morgan fingerprint density at radius 2 is 2.33 bits per heavy atom. The minimum atomic E-state index is -0.234. The maximum absolute atomic E-state index is 13.7. The van der Waals surface area contributed by atoms with Crippen molar-refractivity contribution in [2.75, 3.05) is 0 Å². The number of thioether (sulfide) groups is 1. The first-order valence-corrected chi connectivity index (χ1v) is 6.41. The van der Waals surface area contributed by atoms with Gasteiger partial charge in [-0.25, -0.2) is 4.39 Å². The van der Waals surface area contributed by atoms with Gasteiger partial charge in [-0.15, -0.1) is 0 Å². The van der Waals surface area contributed by atoms with Crippen LogP contribution in [-0.2, 0) is 5.75 Å². The quantitative estimate of drug-likeness (QED) is 0.820. The van der Waals surface area contributed by atoms with Gasteiger partial charge in [0.25, 0.3) is 0 Å². The predicted molar refractivity (Wildman–Crippen MR) is 63.7 cm³/mol. The topological polar surface area (TPSA) is 26.0 Å². The molecule has 1 aromatic carbocycles. The Kier molecular flexibility index (Phi) is 3.24. The molecule has 0 amide bonds. The van der Waals surface area contributed by atoms with E-state index >= 15 is 0 Å². The van der Waals surface area contributed by atoms with Crippen LogP contribution in [0.3, 0.4) is 0 Å². The van der Waals surface area contributed by atoms with Gasteiger partial charge < -0.3 is 5.73 Å². The van der Waals surface area contributed by atoms with Gasteiger partial charge in [0.15, 0.2) is 0 Å². The summed E-state index contributed by atoms with van der Waals surface area (Å²) in [4.78, 5) is 0. The van der Waals surface area contributed by atoms with E-state index in [0.29, 0.717) is 15.8 Å². The van der Waals surface area contributed by atoms with Crippen molar-refractivity contribution in [1.29, 1.82) is 0 Å². The summed E-state index contributed by atoms with van der Waals surface area (Å²) in [6.45, 7) is 2.07. The zero-order valence-corrected chi connectivity index (χ0v) is 10.0. The van der Waals surface area contributed by atoms with Gasteiger partial charge in [0, 0.05) is 27.6 Å². The highest BCUT2D eigenvalue weighted by Gasteiger charge is 2.29. The summed E-state index contributed by atoms with van der Waals surface area (Å²) in [7, 11) is 0. The number of fused-ring (bicyclic) bond motifs is 1. The van der Waals surface area contributed by atoms with Crippen LogP contribution in [0, 0.1) is 5.82 Å². The van der Waals surface area contributed by atoms with Crippen LogP contribution in [0.25, 0.3) is 0 Å². The molecule has 2 N–H and O–H groups in total. The Hall–Kier alpha value is -0.250. The van der Waals surface area contributed by atoms with Gasteiger partial charge in [0.1, 0.15) is 5.82 Å². The molecule has 0 fully saturated rings. The molecular weight excluding hydrogens is 233 g/mol. The molecule has 0 radical (unpaired) electrons. The molecule has 0 saturated heterocycles. The lowest BCUT2D eigenvalue weighted by Crippen LogP contribution is -2.29. The summed E-state index contributed by atoms with van der Waals surface area (Å²) in [5, 5.41) is 0.925. The number of benzene rings is 1. The van der Waals surface area contributed by atoms with E-state index in [1.54, 1.807) is 17.8 Å². The molecule has 1 aliphatic heterocycles. The van der Waals surface area contributed by atoms with Crippen LogP contribution in [0.15, 0.2) is 12.1 Å². The van der Waals surface area contributed by atoms with Crippen molar-refractivity contribution in [1.82, 2.24) is 0 Å². The van der Waals surface area contributed by atoms with E-state index < -0.39 is 0 Å². The van der Waals surface area contributed by atoms with Crippen molar-refractivity contribution in [3.05, 3.63) is 34.1 Å². The molecule has 2 unspecified atom stereocenters.